The first-order valence-corrected chi connectivity index (χ1v) is 10.6. The van der Waals surface area contributed by atoms with Crippen molar-refractivity contribution in [3.63, 3.8) is 0 Å². The molecular formula is C20H23N3O5S. The summed E-state index contributed by atoms with van der Waals surface area (Å²) >= 11 is 0. The van der Waals surface area contributed by atoms with Crippen LogP contribution in [0.1, 0.15) is 13.3 Å². The van der Waals surface area contributed by atoms with Gasteiger partial charge >= 0.3 is 0 Å². The van der Waals surface area contributed by atoms with Crippen molar-refractivity contribution in [3.05, 3.63) is 48.5 Å². The normalized spacial score (nSPS) is 16.7. The van der Waals surface area contributed by atoms with Gasteiger partial charge in [0.25, 0.3) is 0 Å². The zero-order valence-electron chi connectivity index (χ0n) is 16.2. The maximum absolute atomic E-state index is 12.5. The number of carbonyl (C=O) groups is 2. The van der Waals surface area contributed by atoms with Crippen molar-refractivity contribution in [1.82, 2.24) is 4.72 Å². The Labute approximate surface area is 169 Å². The average molecular weight is 417 g/mol. The van der Waals surface area contributed by atoms with Crippen molar-refractivity contribution in [2.75, 3.05) is 30.4 Å². The molecule has 2 amide bonds. The average Bonchev–Trinajstić information content (AvgIpc) is 3.07. The van der Waals surface area contributed by atoms with Crippen LogP contribution in [-0.4, -0.2) is 40.4 Å². The summed E-state index contributed by atoms with van der Waals surface area (Å²) in [5.41, 5.74) is 1.28. The minimum atomic E-state index is -3.71. The third-order valence-corrected chi connectivity index (χ3v) is 6.08. The molecular weight excluding hydrogens is 394 g/mol. The lowest BCUT2D eigenvalue weighted by Crippen LogP contribution is -2.31. The van der Waals surface area contributed by atoms with Crippen molar-refractivity contribution >= 4 is 33.2 Å². The molecule has 1 heterocycles. The minimum Gasteiger partial charge on any atom is -0.497 e. The lowest BCUT2D eigenvalue weighted by molar-refractivity contribution is -0.117. The van der Waals surface area contributed by atoms with E-state index in [2.05, 4.69) is 10.0 Å². The number of hydrogen-bond acceptors (Lipinski definition) is 5. The number of nitrogens with one attached hydrogen (secondary N) is 2. The van der Waals surface area contributed by atoms with Crippen LogP contribution < -0.4 is 19.7 Å². The van der Waals surface area contributed by atoms with E-state index < -0.39 is 10.0 Å². The SMILES string of the molecule is COc1ccc(N2C[C@@H](CNS(=O)(=O)c3ccc(NC(C)=O)cc3)CC2=O)cc1. The zero-order valence-corrected chi connectivity index (χ0v) is 17.0. The van der Waals surface area contributed by atoms with E-state index in [4.69, 9.17) is 4.74 Å². The number of hydrogen-bond donors (Lipinski definition) is 2. The molecule has 2 N–H and O–H groups in total. The molecule has 3 rings (SSSR count). The van der Waals surface area contributed by atoms with Crippen LogP contribution in [-0.2, 0) is 19.6 Å². The number of amides is 2. The lowest BCUT2D eigenvalue weighted by atomic mass is 10.1. The molecule has 29 heavy (non-hydrogen) atoms. The smallest absolute Gasteiger partial charge is 0.240 e. The van der Waals surface area contributed by atoms with Crippen LogP contribution >= 0.6 is 0 Å². The largest absolute Gasteiger partial charge is 0.497 e. The van der Waals surface area contributed by atoms with E-state index in [0.29, 0.717) is 18.0 Å². The quantitative estimate of drug-likeness (QED) is 0.717. The highest BCUT2D eigenvalue weighted by molar-refractivity contribution is 7.89. The second-order valence-electron chi connectivity index (χ2n) is 6.83. The Morgan fingerprint density at radius 1 is 1.14 bits per heavy atom. The van der Waals surface area contributed by atoms with Gasteiger partial charge < -0.3 is 15.0 Å². The Hall–Kier alpha value is -2.91. The number of ether oxygens (including phenoxy) is 1. The van der Waals surface area contributed by atoms with Gasteiger partial charge in [-0.15, -0.1) is 0 Å². The number of carbonyl (C=O) groups excluding carboxylic acids is 2. The Morgan fingerprint density at radius 3 is 2.38 bits per heavy atom. The van der Waals surface area contributed by atoms with Gasteiger partial charge in [0.05, 0.1) is 12.0 Å². The number of nitrogens with zero attached hydrogens (tertiary/aromatic N) is 1. The van der Waals surface area contributed by atoms with Gasteiger partial charge in [0, 0.05) is 37.8 Å². The molecule has 0 unspecified atom stereocenters. The van der Waals surface area contributed by atoms with Crippen molar-refractivity contribution in [2.24, 2.45) is 5.92 Å². The number of anilines is 2. The van der Waals surface area contributed by atoms with Crippen molar-refractivity contribution < 1.29 is 22.7 Å². The van der Waals surface area contributed by atoms with E-state index >= 15 is 0 Å². The molecule has 0 aliphatic carbocycles. The van der Waals surface area contributed by atoms with Crippen LogP contribution in [0.25, 0.3) is 0 Å². The Morgan fingerprint density at radius 2 is 1.79 bits per heavy atom. The maximum atomic E-state index is 12.5. The molecule has 0 spiro atoms. The predicted molar refractivity (Wildman–Crippen MR) is 109 cm³/mol. The van der Waals surface area contributed by atoms with Crippen LogP contribution in [0.3, 0.4) is 0 Å². The Kier molecular flexibility index (Phi) is 6.19. The van der Waals surface area contributed by atoms with E-state index in [0.717, 1.165) is 5.69 Å². The van der Waals surface area contributed by atoms with Gasteiger partial charge in [-0.25, -0.2) is 13.1 Å². The fourth-order valence-corrected chi connectivity index (χ4v) is 4.28. The van der Waals surface area contributed by atoms with Crippen molar-refractivity contribution in [2.45, 2.75) is 18.2 Å². The third-order valence-electron chi connectivity index (χ3n) is 4.64. The van der Waals surface area contributed by atoms with Gasteiger partial charge in [0.1, 0.15) is 5.75 Å². The van der Waals surface area contributed by atoms with Crippen LogP contribution in [0.5, 0.6) is 5.75 Å². The highest BCUT2D eigenvalue weighted by Gasteiger charge is 2.31. The van der Waals surface area contributed by atoms with Crippen molar-refractivity contribution in [3.8, 4) is 5.75 Å². The van der Waals surface area contributed by atoms with Crippen LogP contribution in [0.15, 0.2) is 53.4 Å². The molecule has 1 aliphatic heterocycles. The number of sulfonamides is 1. The molecule has 0 bridgehead atoms. The Bertz CT molecular complexity index is 988. The van der Waals surface area contributed by atoms with Gasteiger partial charge in [0.2, 0.25) is 21.8 Å². The van der Waals surface area contributed by atoms with Crippen LogP contribution in [0.4, 0.5) is 11.4 Å². The summed E-state index contributed by atoms with van der Waals surface area (Å²) in [7, 11) is -2.14. The standard InChI is InChI=1S/C20H23N3O5S/c1-14(24)22-16-3-9-19(10-4-16)29(26,27)21-12-15-11-20(25)23(13-15)17-5-7-18(28-2)8-6-17/h3-10,15,21H,11-13H2,1-2H3,(H,22,24)/t15-/m1/s1. The number of rotatable bonds is 7. The summed E-state index contributed by atoms with van der Waals surface area (Å²) in [6.45, 7) is 1.98. The summed E-state index contributed by atoms with van der Waals surface area (Å²) in [4.78, 5) is 25.1. The minimum absolute atomic E-state index is 0.0426. The highest BCUT2D eigenvalue weighted by Crippen LogP contribution is 2.26. The molecule has 9 heteroatoms. The summed E-state index contributed by atoms with van der Waals surface area (Å²) < 4.78 is 32.7. The van der Waals surface area contributed by atoms with Crippen LogP contribution in [0.2, 0.25) is 0 Å². The molecule has 0 saturated carbocycles. The number of methoxy groups -OCH3 is 1. The molecule has 2 aromatic carbocycles. The van der Waals surface area contributed by atoms with Gasteiger partial charge in [-0.05, 0) is 54.4 Å². The molecule has 1 fully saturated rings. The van der Waals surface area contributed by atoms with Gasteiger partial charge in [0.15, 0.2) is 0 Å². The van der Waals surface area contributed by atoms with E-state index in [1.807, 2.05) is 0 Å². The van der Waals surface area contributed by atoms with E-state index in [1.165, 1.54) is 31.2 Å². The van der Waals surface area contributed by atoms with Gasteiger partial charge in [-0.1, -0.05) is 0 Å². The first-order valence-electron chi connectivity index (χ1n) is 9.10. The monoisotopic (exact) mass is 417 g/mol. The maximum Gasteiger partial charge on any atom is 0.240 e. The molecule has 1 saturated heterocycles. The van der Waals surface area contributed by atoms with E-state index in [1.54, 1.807) is 36.3 Å². The highest BCUT2D eigenvalue weighted by atomic mass is 32.2. The summed E-state index contributed by atoms with van der Waals surface area (Å²) in [6.07, 6.45) is 0.274. The molecule has 0 aromatic heterocycles. The first-order chi connectivity index (χ1) is 13.8. The fourth-order valence-electron chi connectivity index (χ4n) is 3.16. The van der Waals surface area contributed by atoms with E-state index in [-0.39, 0.29) is 35.6 Å². The van der Waals surface area contributed by atoms with E-state index in [9.17, 15) is 18.0 Å². The van der Waals surface area contributed by atoms with Crippen LogP contribution in [0, 0.1) is 5.92 Å². The zero-order chi connectivity index (χ0) is 21.0. The first kappa shape index (κ1) is 20.8. The molecule has 1 aliphatic rings. The van der Waals surface area contributed by atoms with Crippen molar-refractivity contribution in [1.29, 1.82) is 0 Å². The summed E-state index contributed by atoms with van der Waals surface area (Å²) in [6, 6.07) is 13.1. The Balaban J connectivity index is 1.60. The molecule has 1 atom stereocenters. The van der Waals surface area contributed by atoms with Gasteiger partial charge in [-0.3, -0.25) is 9.59 Å². The second kappa shape index (κ2) is 8.62. The molecule has 8 nitrogen and oxygen atoms in total. The molecule has 154 valence electrons. The molecule has 2 aromatic rings. The topological polar surface area (TPSA) is 105 Å². The van der Waals surface area contributed by atoms with Gasteiger partial charge in [-0.2, -0.15) is 0 Å². The number of benzene rings is 2. The third kappa shape index (κ3) is 5.12. The summed E-state index contributed by atoms with van der Waals surface area (Å²) in [5.74, 6) is 0.303. The summed E-state index contributed by atoms with van der Waals surface area (Å²) in [5, 5.41) is 2.59. The second-order valence-corrected chi connectivity index (χ2v) is 8.60. The predicted octanol–water partition coefficient (Wildman–Crippen LogP) is 1.98. The molecule has 0 radical (unpaired) electrons. The lowest BCUT2D eigenvalue weighted by Gasteiger charge is -2.17. The fraction of sp³-hybridized carbons (Fsp3) is 0.300.